The molecule has 1 saturated heterocycles. The van der Waals surface area contributed by atoms with Gasteiger partial charge in [-0.05, 0) is 36.2 Å². The quantitative estimate of drug-likeness (QED) is 0.592. The summed E-state index contributed by atoms with van der Waals surface area (Å²) in [6.45, 7) is 3.26. The van der Waals surface area contributed by atoms with Gasteiger partial charge in [0.2, 0.25) is 0 Å². The van der Waals surface area contributed by atoms with E-state index >= 15 is 0 Å². The number of hydrogen-bond donors (Lipinski definition) is 1. The maximum Gasteiger partial charge on any atom is 0.414 e. The fourth-order valence-electron chi connectivity index (χ4n) is 3.44. The number of aryl methyl sites for hydroxylation is 1. The summed E-state index contributed by atoms with van der Waals surface area (Å²) in [7, 11) is 0. The summed E-state index contributed by atoms with van der Waals surface area (Å²) in [4.78, 5) is 26.2. The Kier molecular flexibility index (Phi) is 6.15. The lowest BCUT2D eigenvalue weighted by Gasteiger charge is -2.14. The number of aromatic nitrogens is 2. The lowest BCUT2D eigenvalue weighted by molar-refractivity contribution is 0.0950. The average molecular weight is 459 g/mol. The summed E-state index contributed by atoms with van der Waals surface area (Å²) in [6, 6.07) is 14.8. The number of carbonyl (C=O) groups is 2. The van der Waals surface area contributed by atoms with E-state index in [2.05, 4.69) is 10.4 Å². The first-order valence-electron chi connectivity index (χ1n) is 9.72. The monoisotopic (exact) mass is 458 g/mol. The third kappa shape index (κ3) is 4.52. The van der Waals surface area contributed by atoms with Crippen molar-refractivity contribution in [2.45, 2.75) is 20.0 Å². The molecule has 1 N–H and O–H groups in total. The lowest BCUT2D eigenvalue weighted by atomic mass is 10.1. The first-order valence-corrected chi connectivity index (χ1v) is 10.5. The minimum atomic E-state index is -0.366. The number of cyclic esters (lactones) is 1. The number of carbonyl (C=O) groups excluding carboxylic acids is 2. The summed E-state index contributed by atoms with van der Waals surface area (Å²) in [6.07, 6.45) is -0.366. The second-order valence-electron chi connectivity index (χ2n) is 7.12. The van der Waals surface area contributed by atoms with Crippen molar-refractivity contribution in [2.24, 2.45) is 0 Å². The van der Waals surface area contributed by atoms with Gasteiger partial charge in [-0.1, -0.05) is 53.5 Å². The topological polar surface area (TPSA) is 76.5 Å². The van der Waals surface area contributed by atoms with Gasteiger partial charge in [0.05, 0.1) is 24.3 Å². The number of nitrogens with zero attached hydrogens (tertiary/aromatic N) is 3. The van der Waals surface area contributed by atoms with E-state index in [-0.39, 0.29) is 23.7 Å². The van der Waals surface area contributed by atoms with Crippen molar-refractivity contribution in [1.29, 1.82) is 0 Å². The van der Waals surface area contributed by atoms with E-state index in [0.717, 1.165) is 16.8 Å². The van der Waals surface area contributed by atoms with E-state index < -0.39 is 0 Å². The van der Waals surface area contributed by atoms with E-state index in [1.54, 1.807) is 22.6 Å². The van der Waals surface area contributed by atoms with Crippen LogP contribution in [0.1, 0.15) is 27.2 Å². The van der Waals surface area contributed by atoms with Crippen molar-refractivity contribution < 1.29 is 14.3 Å². The predicted octanol–water partition coefficient (Wildman–Crippen LogP) is 4.43. The van der Waals surface area contributed by atoms with Crippen LogP contribution in [0.25, 0.3) is 0 Å². The van der Waals surface area contributed by atoms with Crippen molar-refractivity contribution in [2.75, 3.05) is 18.1 Å². The first kappa shape index (κ1) is 21.2. The third-order valence-electron chi connectivity index (χ3n) is 5.01. The average Bonchev–Trinajstić information content (AvgIpc) is 3.30. The molecule has 31 heavy (non-hydrogen) atoms. The van der Waals surface area contributed by atoms with Crippen LogP contribution in [-0.4, -0.2) is 34.9 Å². The molecule has 0 spiro atoms. The van der Waals surface area contributed by atoms with Crippen LogP contribution in [-0.2, 0) is 17.8 Å². The Balaban J connectivity index is 1.46. The van der Waals surface area contributed by atoms with Crippen LogP contribution >= 0.6 is 23.2 Å². The van der Waals surface area contributed by atoms with Crippen molar-refractivity contribution in [3.63, 3.8) is 0 Å². The molecule has 0 bridgehead atoms. The molecule has 3 aromatic rings. The number of amides is 2. The first-order chi connectivity index (χ1) is 14.9. The van der Waals surface area contributed by atoms with Gasteiger partial charge in [-0.3, -0.25) is 9.69 Å². The van der Waals surface area contributed by atoms with E-state index in [9.17, 15) is 9.59 Å². The van der Waals surface area contributed by atoms with Gasteiger partial charge in [-0.25, -0.2) is 9.48 Å². The number of anilines is 1. The van der Waals surface area contributed by atoms with Crippen molar-refractivity contribution >= 4 is 40.9 Å². The highest BCUT2D eigenvalue weighted by Crippen LogP contribution is 2.24. The fourth-order valence-corrected chi connectivity index (χ4v) is 3.95. The highest BCUT2D eigenvalue weighted by atomic mass is 35.5. The molecule has 0 saturated carbocycles. The van der Waals surface area contributed by atoms with Gasteiger partial charge >= 0.3 is 6.09 Å². The van der Waals surface area contributed by atoms with E-state index in [0.29, 0.717) is 36.0 Å². The highest BCUT2D eigenvalue weighted by molar-refractivity contribution is 6.33. The molecule has 0 unspecified atom stereocenters. The molecule has 2 amide bonds. The minimum absolute atomic E-state index is 0.253. The zero-order valence-electron chi connectivity index (χ0n) is 16.8. The van der Waals surface area contributed by atoms with Crippen LogP contribution in [0.4, 0.5) is 10.5 Å². The van der Waals surface area contributed by atoms with Crippen LogP contribution in [0.15, 0.2) is 48.5 Å². The van der Waals surface area contributed by atoms with Gasteiger partial charge < -0.3 is 10.1 Å². The zero-order chi connectivity index (χ0) is 22.0. The predicted molar refractivity (Wildman–Crippen MR) is 119 cm³/mol. The maximum absolute atomic E-state index is 12.8. The molecule has 1 fully saturated rings. The van der Waals surface area contributed by atoms with Gasteiger partial charge in [0.15, 0.2) is 0 Å². The Morgan fingerprint density at radius 2 is 2.00 bits per heavy atom. The van der Waals surface area contributed by atoms with Crippen LogP contribution in [0.2, 0.25) is 10.2 Å². The van der Waals surface area contributed by atoms with E-state index in [1.165, 1.54) is 0 Å². The molecule has 0 aliphatic carbocycles. The molecule has 2 heterocycles. The van der Waals surface area contributed by atoms with Gasteiger partial charge in [-0.2, -0.15) is 5.10 Å². The molecule has 7 nitrogen and oxygen atoms in total. The van der Waals surface area contributed by atoms with Gasteiger partial charge in [0.1, 0.15) is 11.8 Å². The summed E-state index contributed by atoms with van der Waals surface area (Å²) in [5, 5.41) is 8.15. The second-order valence-corrected chi connectivity index (χ2v) is 7.88. The second kappa shape index (κ2) is 8.99. The number of halogens is 2. The molecular weight excluding hydrogens is 439 g/mol. The smallest absolute Gasteiger partial charge is 0.414 e. The Morgan fingerprint density at radius 3 is 2.74 bits per heavy atom. The van der Waals surface area contributed by atoms with Crippen molar-refractivity contribution in [1.82, 2.24) is 15.1 Å². The Bertz CT molecular complexity index is 1150. The summed E-state index contributed by atoms with van der Waals surface area (Å²) in [5.41, 5.74) is 3.30. The van der Waals surface area contributed by atoms with Crippen LogP contribution < -0.4 is 10.2 Å². The molecule has 4 rings (SSSR count). The standard InChI is InChI=1S/C22H20Cl2N4O3/c1-14-19(20(24)28(26-14)13-16-6-2-3-8-18(16)23)21(29)25-12-15-5-4-7-17(11-15)27-9-10-31-22(27)30/h2-8,11H,9-10,12-13H2,1H3,(H,25,29). The van der Waals surface area contributed by atoms with Crippen molar-refractivity contribution in [3.05, 3.63) is 81.1 Å². The summed E-state index contributed by atoms with van der Waals surface area (Å²) in [5.74, 6) is -0.320. The summed E-state index contributed by atoms with van der Waals surface area (Å²) >= 11 is 12.7. The molecule has 1 aromatic heterocycles. The maximum atomic E-state index is 12.8. The van der Waals surface area contributed by atoms with E-state index in [1.807, 2.05) is 42.5 Å². The number of benzene rings is 2. The normalized spacial score (nSPS) is 13.4. The molecule has 0 atom stereocenters. The SMILES string of the molecule is Cc1nn(Cc2ccccc2Cl)c(Cl)c1C(=O)NCc1cccc(N2CCOC2=O)c1. The van der Waals surface area contributed by atoms with Crippen LogP contribution in [0, 0.1) is 6.92 Å². The van der Waals surface area contributed by atoms with Gasteiger partial charge in [0, 0.05) is 17.3 Å². The Labute approximate surface area is 189 Å². The van der Waals surface area contributed by atoms with Gasteiger partial charge in [-0.15, -0.1) is 0 Å². The number of rotatable bonds is 6. The molecule has 1 aliphatic heterocycles. The van der Waals surface area contributed by atoms with Crippen LogP contribution in [0.3, 0.4) is 0 Å². The highest BCUT2D eigenvalue weighted by Gasteiger charge is 2.24. The Morgan fingerprint density at radius 1 is 1.19 bits per heavy atom. The number of nitrogens with one attached hydrogen (secondary N) is 1. The minimum Gasteiger partial charge on any atom is -0.447 e. The van der Waals surface area contributed by atoms with Crippen molar-refractivity contribution in [3.8, 4) is 0 Å². The molecule has 9 heteroatoms. The fraction of sp³-hybridized carbons (Fsp3) is 0.227. The number of hydrogen-bond acceptors (Lipinski definition) is 4. The molecule has 160 valence electrons. The largest absolute Gasteiger partial charge is 0.447 e. The number of ether oxygens (including phenoxy) is 1. The summed E-state index contributed by atoms with van der Waals surface area (Å²) < 4.78 is 6.54. The lowest BCUT2D eigenvalue weighted by Crippen LogP contribution is -2.25. The zero-order valence-corrected chi connectivity index (χ0v) is 18.3. The molecule has 2 aromatic carbocycles. The Hall–Kier alpha value is -3.03. The van der Waals surface area contributed by atoms with Gasteiger partial charge in [0.25, 0.3) is 5.91 Å². The molecule has 1 aliphatic rings. The molecule has 0 radical (unpaired) electrons. The third-order valence-corrected chi connectivity index (χ3v) is 5.76. The van der Waals surface area contributed by atoms with E-state index in [4.69, 9.17) is 27.9 Å². The van der Waals surface area contributed by atoms with Crippen LogP contribution in [0.5, 0.6) is 0 Å². The molecular formula is C22H20Cl2N4O3.